The van der Waals surface area contributed by atoms with Crippen LogP contribution in [0.15, 0.2) is 27.6 Å². The van der Waals surface area contributed by atoms with Gasteiger partial charge in [0.1, 0.15) is 12.3 Å². The lowest BCUT2D eigenvalue weighted by atomic mass is 10.2. The number of carbonyl (C=O) groups excluding carboxylic acids is 3. The molecule has 8 heteroatoms. The number of nitrogens with zero attached hydrogens (tertiary/aromatic N) is 2. The van der Waals surface area contributed by atoms with Crippen LogP contribution >= 0.6 is 27.7 Å². The average molecular weight is 467 g/mol. The van der Waals surface area contributed by atoms with Crippen molar-refractivity contribution in [1.82, 2.24) is 9.80 Å². The molecule has 28 heavy (non-hydrogen) atoms. The zero-order valence-electron chi connectivity index (χ0n) is 15.9. The zero-order valence-corrected chi connectivity index (χ0v) is 18.3. The number of amides is 3. The van der Waals surface area contributed by atoms with Crippen molar-refractivity contribution in [1.29, 1.82) is 0 Å². The molecule has 0 aliphatic carbocycles. The number of likely N-dealkylation sites (tertiary alicyclic amines) is 1. The van der Waals surface area contributed by atoms with Crippen LogP contribution in [0.3, 0.4) is 0 Å². The minimum absolute atomic E-state index is 0.171. The monoisotopic (exact) mass is 466 g/mol. The Labute approximate surface area is 177 Å². The quantitative estimate of drug-likeness (QED) is 0.589. The summed E-state index contributed by atoms with van der Waals surface area (Å²) in [6, 6.07) is 5.52. The SMILES string of the molecule is CC(C)COc1ccc(/C=C2/SC(=O)N(CC(=O)N3CCCC3)C2=O)cc1Br. The molecule has 2 saturated heterocycles. The van der Waals surface area contributed by atoms with Gasteiger partial charge in [0, 0.05) is 13.1 Å². The second-order valence-corrected chi connectivity index (χ2v) is 9.10. The summed E-state index contributed by atoms with van der Waals surface area (Å²) in [6.45, 7) is 5.98. The van der Waals surface area contributed by atoms with Crippen LogP contribution in [-0.2, 0) is 9.59 Å². The van der Waals surface area contributed by atoms with Crippen LogP contribution in [-0.4, -0.2) is 53.1 Å². The van der Waals surface area contributed by atoms with Gasteiger partial charge in [-0.15, -0.1) is 0 Å². The van der Waals surface area contributed by atoms with Crippen molar-refractivity contribution in [3.05, 3.63) is 33.1 Å². The number of benzene rings is 1. The molecule has 0 atom stereocenters. The second-order valence-electron chi connectivity index (χ2n) is 7.25. The van der Waals surface area contributed by atoms with Gasteiger partial charge in [0.05, 0.1) is 16.0 Å². The first-order valence-electron chi connectivity index (χ1n) is 9.30. The van der Waals surface area contributed by atoms with Crippen molar-refractivity contribution in [2.45, 2.75) is 26.7 Å². The van der Waals surface area contributed by atoms with Gasteiger partial charge in [-0.3, -0.25) is 19.3 Å². The van der Waals surface area contributed by atoms with Crippen LogP contribution in [0.4, 0.5) is 4.79 Å². The molecule has 0 radical (unpaired) electrons. The van der Waals surface area contributed by atoms with Gasteiger partial charge >= 0.3 is 0 Å². The van der Waals surface area contributed by atoms with E-state index in [0.717, 1.165) is 45.3 Å². The average Bonchev–Trinajstić information content (AvgIpc) is 3.26. The lowest BCUT2D eigenvalue weighted by molar-refractivity contribution is -0.135. The van der Waals surface area contributed by atoms with Crippen LogP contribution in [0.1, 0.15) is 32.3 Å². The van der Waals surface area contributed by atoms with Gasteiger partial charge in [0.2, 0.25) is 5.91 Å². The molecular weight excluding hydrogens is 444 g/mol. The third-order valence-corrected chi connectivity index (χ3v) is 5.98. The molecule has 2 fully saturated rings. The Morgan fingerprint density at radius 1 is 1.29 bits per heavy atom. The second kappa shape index (κ2) is 9.13. The first-order chi connectivity index (χ1) is 13.3. The predicted octanol–water partition coefficient (Wildman–Crippen LogP) is 4.14. The number of imide groups is 1. The number of carbonyl (C=O) groups is 3. The molecule has 0 spiro atoms. The largest absolute Gasteiger partial charge is 0.492 e. The topological polar surface area (TPSA) is 66.9 Å². The highest BCUT2D eigenvalue weighted by atomic mass is 79.9. The van der Waals surface area contributed by atoms with E-state index in [0.29, 0.717) is 30.5 Å². The van der Waals surface area contributed by atoms with Gasteiger partial charge in [-0.05, 0) is 70.2 Å². The van der Waals surface area contributed by atoms with E-state index in [1.54, 1.807) is 11.0 Å². The Morgan fingerprint density at radius 2 is 2.00 bits per heavy atom. The highest BCUT2D eigenvalue weighted by Gasteiger charge is 2.37. The predicted molar refractivity (Wildman–Crippen MR) is 113 cm³/mol. The smallest absolute Gasteiger partial charge is 0.294 e. The summed E-state index contributed by atoms with van der Waals surface area (Å²) in [6.07, 6.45) is 3.61. The van der Waals surface area contributed by atoms with Crippen molar-refractivity contribution >= 4 is 50.8 Å². The molecule has 0 bridgehead atoms. The maximum Gasteiger partial charge on any atom is 0.294 e. The van der Waals surface area contributed by atoms with E-state index in [1.807, 2.05) is 18.2 Å². The van der Waals surface area contributed by atoms with Gasteiger partial charge in [0.25, 0.3) is 11.1 Å². The van der Waals surface area contributed by atoms with E-state index in [9.17, 15) is 14.4 Å². The number of thioether (sulfide) groups is 1. The fraction of sp³-hybridized carbons (Fsp3) is 0.450. The van der Waals surface area contributed by atoms with Gasteiger partial charge in [-0.25, -0.2) is 0 Å². The number of hydrogen-bond acceptors (Lipinski definition) is 5. The summed E-state index contributed by atoms with van der Waals surface area (Å²) < 4.78 is 6.51. The number of rotatable bonds is 6. The van der Waals surface area contributed by atoms with Crippen molar-refractivity contribution in [2.24, 2.45) is 5.92 Å². The molecule has 3 amide bonds. The molecule has 0 N–H and O–H groups in total. The summed E-state index contributed by atoms with van der Waals surface area (Å²) in [4.78, 5) is 40.2. The minimum Gasteiger partial charge on any atom is -0.492 e. The molecule has 1 aromatic carbocycles. The fourth-order valence-corrected chi connectivity index (χ4v) is 4.32. The highest BCUT2D eigenvalue weighted by molar-refractivity contribution is 9.10. The van der Waals surface area contributed by atoms with Crippen LogP contribution in [0.2, 0.25) is 0 Å². The third-order valence-electron chi connectivity index (χ3n) is 4.45. The van der Waals surface area contributed by atoms with E-state index in [2.05, 4.69) is 29.8 Å². The molecule has 2 aliphatic rings. The lowest BCUT2D eigenvalue weighted by Gasteiger charge is -2.18. The normalized spacial score (nSPS) is 18.6. The maximum atomic E-state index is 12.6. The number of halogens is 1. The summed E-state index contributed by atoms with van der Waals surface area (Å²) >= 11 is 4.35. The Hall–Kier alpha value is -1.80. The molecule has 6 nitrogen and oxygen atoms in total. The molecular formula is C20H23BrN2O4S. The van der Waals surface area contributed by atoms with Crippen molar-refractivity contribution in [2.75, 3.05) is 26.2 Å². The minimum atomic E-state index is -0.418. The molecule has 2 aliphatic heterocycles. The van der Waals surface area contributed by atoms with E-state index in [4.69, 9.17) is 4.74 Å². The summed E-state index contributed by atoms with van der Waals surface area (Å²) in [7, 11) is 0. The number of ether oxygens (including phenoxy) is 1. The van der Waals surface area contributed by atoms with Gasteiger partial charge in [-0.1, -0.05) is 19.9 Å². The first kappa shape index (κ1) is 20.9. The molecule has 0 aromatic heterocycles. The molecule has 150 valence electrons. The van der Waals surface area contributed by atoms with Crippen LogP contribution in [0.5, 0.6) is 5.75 Å². The van der Waals surface area contributed by atoms with Gasteiger partial charge < -0.3 is 9.64 Å². The summed E-state index contributed by atoms with van der Waals surface area (Å²) in [5.74, 6) is 0.561. The fourth-order valence-electron chi connectivity index (χ4n) is 2.97. The zero-order chi connectivity index (χ0) is 20.3. The van der Waals surface area contributed by atoms with Crippen molar-refractivity contribution in [3.8, 4) is 5.75 Å². The van der Waals surface area contributed by atoms with Crippen LogP contribution in [0.25, 0.3) is 6.08 Å². The van der Waals surface area contributed by atoms with Crippen molar-refractivity contribution in [3.63, 3.8) is 0 Å². The van der Waals surface area contributed by atoms with Crippen LogP contribution in [0, 0.1) is 5.92 Å². The molecule has 1 aromatic rings. The standard InChI is InChI=1S/C20H23BrN2O4S/c1-13(2)12-27-16-6-5-14(9-15(16)21)10-17-19(25)23(20(26)28-17)11-18(24)22-7-3-4-8-22/h5-6,9-10,13H,3-4,7-8,11-12H2,1-2H3/b17-10+. The van der Waals surface area contributed by atoms with E-state index in [1.165, 1.54) is 0 Å². The lowest BCUT2D eigenvalue weighted by Crippen LogP contribution is -2.40. The highest BCUT2D eigenvalue weighted by Crippen LogP contribution is 2.34. The molecule has 3 rings (SSSR count). The molecule has 0 saturated carbocycles. The molecule has 2 heterocycles. The van der Waals surface area contributed by atoms with E-state index < -0.39 is 11.1 Å². The Balaban J connectivity index is 1.69. The summed E-state index contributed by atoms with van der Waals surface area (Å²) in [5, 5.41) is -0.403. The Kier molecular flexibility index (Phi) is 6.82. The summed E-state index contributed by atoms with van der Waals surface area (Å²) in [5.41, 5.74) is 0.778. The Morgan fingerprint density at radius 3 is 2.64 bits per heavy atom. The molecule has 0 unspecified atom stereocenters. The van der Waals surface area contributed by atoms with Gasteiger partial charge in [0.15, 0.2) is 0 Å². The third kappa shape index (κ3) is 4.97. The maximum absolute atomic E-state index is 12.6. The van der Waals surface area contributed by atoms with Gasteiger partial charge in [-0.2, -0.15) is 0 Å². The van der Waals surface area contributed by atoms with Crippen molar-refractivity contribution < 1.29 is 19.1 Å². The first-order valence-corrected chi connectivity index (χ1v) is 10.9. The van der Waals surface area contributed by atoms with E-state index >= 15 is 0 Å². The van der Waals surface area contributed by atoms with Crippen LogP contribution < -0.4 is 4.74 Å². The Bertz CT molecular complexity index is 818. The number of hydrogen-bond donors (Lipinski definition) is 0. The van der Waals surface area contributed by atoms with E-state index in [-0.39, 0.29) is 12.5 Å².